The zero-order valence-corrected chi connectivity index (χ0v) is 14.9. The summed E-state index contributed by atoms with van der Waals surface area (Å²) in [7, 11) is 1.38. The molecule has 0 N–H and O–H groups in total. The van der Waals surface area contributed by atoms with E-state index in [0.717, 1.165) is 34.4 Å². The van der Waals surface area contributed by atoms with E-state index < -0.39 is 0 Å². The van der Waals surface area contributed by atoms with E-state index in [1.165, 1.54) is 7.11 Å². The summed E-state index contributed by atoms with van der Waals surface area (Å²) in [6.07, 6.45) is 3.53. The fraction of sp³-hybridized carbons (Fsp3) is 0.222. The van der Waals surface area contributed by atoms with Crippen LogP contribution < -0.4 is 0 Å². The zero-order valence-electron chi connectivity index (χ0n) is 14.0. The smallest absolute Gasteiger partial charge is 0.337 e. The summed E-state index contributed by atoms with van der Waals surface area (Å²) < 4.78 is 6.78. The molecular formula is C18H18N4O2S. The minimum Gasteiger partial charge on any atom is -0.465 e. The SMILES string of the molecule is CCn1c(SCc2ccc(C(=O)OC)cc2)nnc1-c1cccnc1. The van der Waals surface area contributed by atoms with E-state index in [9.17, 15) is 4.79 Å². The minimum atomic E-state index is -0.328. The van der Waals surface area contributed by atoms with Crippen molar-refractivity contribution < 1.29 is 9.53 Å². The average Bonchev–Trinajstić information content (AvgIpc) is 3.09. The number of pyridine rings is 1. The van der Waals surface area contributed by atoms with Gasteiger partial charge in [-0.05, 0) is 36.8 Å². The number of esters is 1. The van der Waals surface area contributed by atoms with Crippen molar-refractivity contribution in [2.75, 3.05) is 7.11 Å². The third-order valence-corrected chi connectivity index (χ3v) is 4.73. The van der Waals surface area contributed by atoms with Crippen molar-refractivity contribution in [2.45, 2.75) is 24.4 Å². The Hall–Kier alpha value is -2.67. The summed E-state index contributed by atoms with van der Waals surface area (Å²) in [6, 6.07) is 11.3. The Morgan fingerprint density at radius 2 is 2.00 bits per heavy atom. The first kappa shape index (κ1) is 17.2. The van der Waals surface area contributed by atoms with Gasteiger partial charge in [-0.15, -0.1) is 10.2 Å². The molecule has 0 spiro atoms. The van der Waals surface area contributed by atoms with Crippen LogP contribution in [0, 0.1) is 0 Å². The van der Waals surface area contributed by atoms with E-state index in [2.05, 4.69) is 26.7 Å². The van der Waals surface area contributed by atoms with Gasteiger partial charge < -0.3 is 9.30 Å². The lowest BCUT2D eigenvalue weighted by Gasteiger charge is -2.07. The van der Waals surface area contributed by atoms with Gasteiger partial charge in [0, 0.05) is 30.3 Å². The van der Waals surface area contributed by atoms with Crippen LogP contribution in [0.4, 0.5) is 0 Å². The van der Waals surface area contributed by atoms with Gasteiger partial charge >= 0.3 is 5.97 Å². The minimum absolute atomic E-state index is 0.328. The Balaban J connectivity index is 1.73. The number of carbonyl (C=O) groups is 1. The molecule has 0 aliphatic rings. The molecule has 3 aromatic rings. The number of thioether (sulfide) groups is 1. The topological polar surface area (TPSA) is 69.9 Å². The molecule has 0 aliphatic heterocycles. The summed E-state index contributed by atoms with van der Waals surface area (Å²) in [6.45, 7) is 2.85. The molecule has 0 amide bonds. The molecule has 7 heteroatoms. The number of methoxy groups -OCH3 is 1. The summed E-state index contributed by atoms with van der Waals surface area (Å²) in [4.78, 5) is 15.6. The molecule has 1 aromatic carbocycles. The third-order valence-electron chi connectivity index (χ3n) is 3.70. The molecule has 6 nitrogen and oxygen atoms in total. The lowest BCUT2D eigenvalue weighted by molar-refractivity contribution is 0.0600. The van der Waals surface area contributed by atoms with Crippen LogP contribution in [0.2, 0.25) is 0 Å². The number of aromatic nitrogens is 4. The molecule has 0 fully saturated rings. The molecule has 0 saturated carbocycles. The van der Waals surface area contributed by atoms with E-state index in [-0.39, 0.29) is 5.97 Å². The first-order valence-corrected chi connectivity index (χ1v) is 8.85. The van der Waals surface area contributed by atoms with Gasteiger partial charge in [-0.2, -0.15) is 0 Å². The predicted molar refractivity (Wildman–Crippen MR) is 96.3 cm³/mol. The van der Waals surface area contributed by atoms with Crippen LogP contribution in [0.3, 0.4) is 0 Å². The third kappa shape index (κ3) is 3.88. The van der Waals surface area contributed by atoms with Crippen molar-refractivity contribution in [1.29, 1.82) is 0 Å². The molecule has 0 unspecified atom stereocenters. The Morgan fingerprint density at radius 1 is 1.20 bits per heavy atom. The van der Waals surface area contributed by atoms with Gasteiger partial charge in [-0.1, -0.05) is 23.9 Å². The summed E-state index contributed by atoms with van der Waals surface area (Å²) in [5, 5.41) is 9.48. The first-order valence-electron chi connectivity index (χ1n) is 7.86. The van der Waals surface area contributed by atoms with Gasteiger partial charge in [0.15, 0.2) is 11.0 Å². The number of hydrogen-bond donors (Lipinski definition) is 0. The lowest BCUT2D eigenvalue weighted by Crippen LogP contribution is -2.01. The van der Waals surface area contributed by atoms with Crippen molar-refractivity contribution in [3.05, 3.63) is 59.9 Å². The standard InChI is InChI=1S/C18H18N4O2S/c1-3-22-16(15-5-4-10-19-11-15)20-21-18(22)25-12-13-6-8-14(9-7-13)17(23)24-2/h4-11H,3,12H2,1-2H3. The largest absolute Gasteiger partial charge is 0.465 e. The second-order valence-corrected chi connectivity index (χ2v) is 6.21. The molecular weight excluding hydrogens is 336 g/mol. The van der Waals surface area contributed by atoms with Crippen LogP contribution in [-0.4, -0.2) is 32.8 Å². The molecule has 0 bridgehead atoms. The van der Waals surface area contributed by atoms with Crippen molar-refractivity contribution in [3.8, 4) is 11.4 Å². The van der Waals surface area contributed by atoms with Crippen LogP contribution >= 0.6 is 11.8 Å². The summed E-state index contributed by atoms with van der Waals surface area (Å²) in [5.74, 6) is 1.23. The van der Waals surface area contributed by atoms with E-state index in [0.29, 0.717) is 5.56 Å². The molecule has 3 rings (SSSR count). The number of carbonyl (C=O) groups excluding carboxylic acids is 1. The summed E-state index contributed by atoms with van der Waals surface area (Å²) >= 11 is 1.61. The van der Waals surface area contributed by atoms with E-state index >= 15 is 0 Å². The van der Waals surface area contributed by atoms with Crippen LogP contribution in [0.1, 0.15) is 22.8 Å². The van der Waals surface area contributed by atoms with Gasteiger partial charge in [-0.25, -0.2) is 4.79 Å². The number of rotatable bonds is 6. The normalized spacial score (nSPS) is 10.6. The zero-order chi connectivity index (χ0) is 17.6. The number of benzene rings is 1. The maximum atomic E-state index is 11.5. The lowest BCUT2D eigenvalue weighted by atomic mass is 10.1. The maximum Gasteiger partial charge on any atom is 0.337 e. The van der Waals surface area contributed by atoms with Crippen LogP contribution in [0.5, 0.6) is 0 Å². The van der Waals surface area contributed by atoms with Crippen LogP contribution in [0.25, 0.3) is 11.4 Å². The van der Waals surface area contributed by atoms with Gasteiger partial charge in [0.2, 0.25) is 0 Å². The summed E-state index contributed by atoms with van der Waals surface area (Å²) in [5.41, 5.74) is 2.60. The molecule has 25 heavy (non-hydrogen) atoms. The molecule has 0 atom stereocenters. The quantitative estimate of drug-likeness (QED) is 0.499. The number of ether oxygens (including phenoxy) is 1. The van der Waals surface area contributed by atoms with E-state index in [4.69, 9.17) is 4.74 Å². The number of hydrogen-bond acceptors (Lipinski definition) is 6. The average molecular weight is 354 g/mol. The molecule has 0 aliphatic carbocycles. The Kier molecular flexibility index (Phi) is 5.45. The Morgan fingerprint density at radius 3 is 2.64 bits per heavy atom. The highest BCUT2D eigenvalue weighted by molar-refractivity contribution is 7.98. The Labute approximate surface area is 150 Å². The fourth-order valence-corrected chi connectivity index (χ4v) is 3.35. The highest BCUT2D eigenvalue weighted by atomic mass is 32.2. The molecule has 2 aromatic heterocycles. The fourth-order valence-electron chi connectivity index (χ4n) is 2.39. The monoisotopic (exact) mass is 354 g/mol. The van der Waals surface area contributed by atoms with E-state index in [1.54, 1.807) is 36.3 Å². The van der Waals surface area contributed by atoms with Crippen molar-refractivity contribution in [1.82, 2.24) is 19.7 Å². The van der Waals surface area contributed by atoms with Gasteiger partial charge in [0.25, 0.3) is 0 Å². The first-order chi connectivity index (χ1) is 12.2. The van der Waals surface area contributed by atoms with Crippen molar-refractivity contribution in [2.24, 2.45) is 0 Å². The van der Waals surface area contributed by atoms with Gasteiger partial charge in [0.1, 0.15) is 0 Å². The molecule has 0 saturated heterocycles. The van der Waals surface area contributed by atoms with Crippen molar-refractivity contribution in [3.63, 3.8) is 0 Å². The highest BCUT2D eigenvalue weighted by Gasteiger charge is 2.13. The highest BCUT2D eigenvalue weighted by Crippen LogP contribution is 2.26. The van der Waals surface area contributed by atoms with Gasteiger partial charge in [0.05, 0.1) is 12.7 Å². The Bertz CT molecular complexity index is 847. The molecule has 2 heterocycles. The predicted octanol–water partition coefficient (Wildman–Crippen LogP) is 3.44. The van der Waals surface area contributed by atoms with Gasteiger partial charge in [-0.3, -0.25) is 4.98 Å². The molecule has 128 valence electrons. The second kappa shape index (κ2) is 7.94. The number of nitrogens with zero attached hydrogens (tertiary/aromatic N) is 4. The van der Waals surface area contributed by atoms with Crippen LogP contribution in [0.15, 0.2) is 53.9 Å². The van der Waals surface area contributed by atoms with Crippen molar-refractivity contribution >= 4 is 17.7 Å². The van der Waals surface area contributed by atoms with Crippen LogP contribution in [-0.2, 0) is 17.0 Å². The second-order valence-electron chi connectivity index (χ2n) is 5.27. The maximum absolute atomic E-state index is 11.5. The van der Waals surface area contributed by atoms with E-state index in [1.807, 2.05) is 24.3 Å². The molecule has 0 radical (unpaired) electrons.